The maximum absolute atomic E-state index is 11.9. The summed E-state index contributed by atoms with van der Waals surface area (Å²) in [6.07, 6.45) is 0.0529. The topological polar surface area (TPSA) is 63.2 Å². The van der Waals surface area contributed by atoms with Crippen molar-refractivity contribution in [2.45, 2.75) is 19.1 Å². The normalized spacial score (nSPS) is 24.6. The van der Waals surface area contributed by atoms with Gasteiger partial charge in [0.15, 0.2) is 0 Å². The van der Waals surface area contributed by atoms with Crippen LogP contribution in [-0.2, 0) is 4.74 Å². The zero-order chi connectivity index (χ0) is 11.5. The van der Waals surface area contributed by atoms with Gasteiger partial charge in [-0.05, 0) is 6.92 Å². The van der Waals surface area contributed by atoms with Crippen LogP contribution in [0.25, 0.3) is 0 Å². The minimum atomic E-state index is -0.0595. The lowest BCUT2D eigenvalue weighted by molar-refractivity contribution is 0.0782. The molecule has 88 valence electrons. The molecule has 2 atom stereocenters. The lowest BCUT2D eigenvalue weighted by atomic mass is 10.2. The highest BCUT2D eigenvalue weighted by Gasteiger charge is 2.29. The minimum Gasteiger partial charge on any atom is -0.378 e. The predicted molar refractivity (Wildman–Crippen MR) is 61.8 cm³/mol. The van der Waals surface area contributed by atoms with Gasteiger partial charge >= 0.3 is 0 Å². The summed E-state index contributed by atoms with van der Waals surface area (Å²) < 4.78 is 5.28. The number of aryl methyl sites for hydroxylation is 1. The van der Waals surface area contributed by atoms with E-state index in [1.165, 1.54) is 11.3 Å². The molecule has 2 heterocycles. The van der Waals surface area contributed by atoms with Crippen molar-refractivity contribution in [3.8, 4) is 0 Å². The molecule has 1 aliphatic heterocycles. The molecule has 1 saturated heterocycles. The molecule has 16 heavy (non-hydrogen) atoms. The van der Waals surface area contributed by atoms with Crippen molar-refractivity contribution in [1.82, 2.24) is 15.6 Å². The van der Waals surface area contributed by atoms with Crippen molar-refractivity contribution in [1.29, 1.82) is 0 Å². The molecule has 6 heteroatoms. The largest absolute Gasteiger partial charge is 0.378 e. The number of amides is 1. The number of nitrogens with one attached hydrogen (secondary N) is 2. The third-order valence-corrected chi connectivity index (χ3v) is 3.66. The molecule has 0 radical (unpaired) electrons. The summed E-state index contributed by atoms with van der Waals surface area (Å²) in [6, 6.07) is 0.0407. The number of carbonyl (C=O) groups is 1. The first-order chi connectivity index (χ1) is 7.72. The molecule has 2 unspecified atom stereocenters. The van der Waals surface area contributed by atoms with Crippen LogP contribution in [0.5, 0.6) is 0 Å². The van der Waals surface area contributed by atoms with Crippen molar-refractivity contribution in [3.05, 3.63) is 16.1 Å². The molecule has 1 aliphatic rings. The maximum atomic E-state index is 11.9. The molecular formula is C10H15N3O2S. The second-order valence-corrected chi connectivity index (χ2v) is 4.63. The van der Waals surface area contributed by atoms with Crippen LogP contribution in [0.3, 0.4) is 0 Å². The zero-order valence-corrected chi connectivity index (χ0v) is 10.1. The Morgan fingerprint density at radius 2 is 2.50 bits per heavy atom. The van der Waals surface area contributed by atoms with Gasteiger partial charge < -0.3 is 15.4 Å². The Morgan fingerprint density at radius 1 is 1.69 bits per heavy atom. The summed E-state index contributed by atoms with van der Waals surface area (Å²) in [5.74, 6) is -0.0595. The lowest BCUT2D eigenvalue weighted by Crippen LogP contribution is -2.43. The Labute approximate surface area is 98.2 Å². The maximum Gasteiger partial charge on any atom is 0.263 e. The Hall–Kier alpha value is -0.980. The molecule has 1 amide bonds. The minimum absolute atomic E-state index is 0.0407. The fourth-order valence-electron chi connectivity index (χ4n) is 1.80. The molecule has 2 N–H and O–H groups in total. The van der Waals surface area contributed by atoms with E-state index in [4.69, 9.17) is 4.74 Å². The van der Waals surface area contributed by atoms with Crippen molar-refractivity contribution in [2.24, 2.45) is 0 Å². The van der Waals surface area contributed by atoms with Crippen LogP contribution in [0.2, 0.25) is 0 Å². The van der Waals surface area contributed by atoms with Gasteiger partial charge in [-0.2, -0.15) is 0 Å². The Morgan fingerprint density at radius 3 is 3.12 bits per heavy atom. The first-order valence-corrected chi connectivity index (χ1v) is 6.04. The molecular weight excluding hydrogens is 226 g/mol. The van der Waals surface area contributed by atoms with Gasteiger partial charge in [0.05, 0.1) is 23.4 Å². The number of hydrogen-bond donors (Lipinski definition) is 2. The molecule has 0 saturated carbocycles. The van der Waals surface area contributed by atoms with Gasteiger partial charge in [-0.25, -0.2) is 4.98 Å². The van der Waals surface area contributed by atoms with Crippen molar-refractivity contribution >= 4 is 17.2 Å². The molecule has 0 aromatic carbocycles. The number of aromatic nitrogens is 1. The van der Waals surface area contributed by atoms with Gasteiger partial charge in [0, 0.05) is 20.2 Å². The van der Waals surface area contributed by atoms with Crippen LogP contribution >= 0.6 is 11.3 Å². The van der Waals surface area contributed by atoms with Crippen LogP contribution in [-0.4, -0.2) is 43.2 Å². The molecule has 1 fully saturated rings. The SMILES string of the molecule is COC1CNCC1NC(=O)c1scnc1C. The highest BCUT2D eigenvalue weighted by atomic mass is 32.1. The number of thiazole rings is 1. The summed E-state index contributed by atoms with van der Waals surface area (Å²) in [5, 5.41) is 6.15. The van der Waals surface area contributed by atoms with Crippen molar-refractivity contribution < 1.29 is 9.53 Å². The summed E-state index contributed by atoms with van der Waals surface area (Å²) in [5.41, 5.74) is 2.47. The van der Waals surface area contributed by atoms with E-state index in [0.29, 0.717) is 4.88 Å². The van der Waals surface area contributed by atoms with E-state index in [1.54, 1.807) is 12.6 Å². The van der Waals surface area contributed by atoms with E-state index in [0.717, 1.165) is 18.8 Å². The number of hydrogen-bond acceptors (Lipinski definition) is 5. The van der Waals surface area contributed by atoms with E-state index in [-0.39, 0.29) is 18.1 Å². The number of carbonyl (C=O) groups excluding carboxylic acids is 1. The van der Waals surface area contributed by atoms with E-state index in [2.05, 4.69) is 15.6 Å². The number of nitrogens with zero attached hydrogens (tertiary/aromatic N) is 1. The van der Waals surface area contributed by atoms with Gasteiger partial charge in [-0.15, -0.1) is 11.3 Å². The van der Waals surface area contributed by atoms with Crippen LogP contribution < -0.4 is 10.6 Å². The Bertz CT molecular complexity index is 380. The molecule has 1 aromatic rings. The number of methoxy groups -OCH3 is 1. The fourth-order valence-corrected chi connectivity index (χ4v) is 2.51. The van der Waals surface area contributed by atoms with Crippen LogP contribution in [0.15, 0.2) is 5.51 Å². The first kappa shape index (κ1) is 11.5. The summed E-state index contributed by atoms with van der Waals surface area (Å²) >= 11 is 1.37. The van der Waals surface area contributed by atoms with Crippen LogP contribution in [0, 0.1) is 6.92 Å². The molecule has 5 nitrogen and oxygen atoms in total. The van der Waals surface area contributed by atoms with Gasteiger partial charge in [0.25, 0.3) is 5.91 Å². The van der Waals surface area contributed by atoms with E-state index in [1.807, 2.05) is 6.92 Å². The van der Waals surface area contributed by atoms with Crippen LogP contribution in [0.4, 0.5) is 0 Å². The second-order valence-electron chi connectivity index (χ2n) is 3.78. The summed E-state index contributed by atoms with van der Waals surface area (Å²) in [7, 11) is 1.66. The highest BCUT2D eigenvalue weighted by molar-refractivity contribution is 7.11. The molecule has 0 bridgehead atoms. The monoisotopic (exact) mass is 241 g/mol. The molecule has 2 rings (SSSR count). The highest BCUT2D eigenvalue weighted by Crippen LogP contribution is 2.13. The number of rotatable bonds is 3. The van der Waals surface area contributed by atoms with Crippen molar-refractivity contribution in [3.63, 3.8) is 0 Å². The molecule has 0 aliphatic carbocycles. The Kier molecular flexibility index (Phi) is 3.52. The van der Waals surface area contributed by atoms with Gasteiger partial charge in [0.1, 0.15) is 4.88 Å². The third kappa shape index (κ3) is 2.23. The Balaban J connectivity index is 2.00. The summed E-state index contributed by atoms with van der Waals surface area (Å²) in [4.78, 5) is 16.7. The van der Waals surface area contributed by atoms with E-state index in [9.17, 15) is 4.79 Å². The first-order valence-electron chi connectivity index (χ1n) is 5.17. The average Bonchev–Trinajstić information content (AvgIpc) is 2.86. The van der Waals surface area contributed by atoms with Crippen molar-refractivity contribution in [2.75, 3.05) is 20.2 Å². The predicted octanol–water partition coefficient (Wildman–Crippen LogP) is 0.168. The van der Waals surface area contributed by atoms with E-state index >= 15 is 0 Å². The standard InChI is InChI=1S/C10H15N3O2S/c1-6-9(16-5-12-6)10(14)13-7-3-11-4-8(7)15-2/h5,7-8,11H,3-4H2,1-2H3,(H,13,14). The van der Waals surface area contributed by atoms with Gasteiger partial charge in [0.2, 0.25) is 0 Å². The summed E-state index contributed by atoms with van der Waals surface area (Å²) in [6.45, 7) is 3.37. The second kappa shape index (κ2) is 4.90. The number of ether oxygens (including phenoxy) is 1. The van der Waals surface area contributed by atoms with Gasteiger partial charge in [-0.1, -0.05) is 0 Å². The fraction of sp³-hybridized carbons (Fsp3) is 0.600. The molecule has 0 spiro atoms. The third-order valence-electron chi connectivity index (χ3n) is 2.73. The zero-order valence-electron chi connectivity index (χ0n) is 9.32. The van der Waals surface area contributed by atoms with Crippen LogP contribution in [0.1, 0.15) is 15.4 Å². The lowest BCUT2D eigenvalue weighted by Gasteiger charge is -2.18. The van der Waals surface area contributed by atoms with Gasteiger partial charge in [-0.3, -0.25) is 4.79 Å². The molecule has 1 aromatic heterocycles. The quantitative estimate of drug-likeness (QED) is 0.792. The van der Waals surface area contributed by atoms with E-state index < -0.39 is 0 Å². The average molecular weight is 241 g/mol. The smallest absolute Gasteiger partial charge is 0.263 e.